The first-order valence-corrected chi connectivity index (χ1v) is 8.58. The van der Waals surface area contributed by atoms with E-state index in [4.69, 9.17) is 4.74 Å². The number of hydrogen-bond donors (Lipinski definition) is 0. The van der Waals surface area contributed by atoms with Crippen LogP contribution >= 0.6 is 15.9 Å². The molecule has 2 heterocycles. The van der Waals surface area contributed by atoms with Gasteiger partial charge in [0.15, 0.2) is 0 Å². The van der Waals surface area contributed by atoms with Gasteiger partial charge in [-0.15, -0.1) is 0 Å². The molecule has 1 atom stereocenters. The number of carbonyl (C=O) groups is 2. The van der Waals surface area contributed by atoms with E-state index in [1.165, 1.54) is 12.1 Å². The molecule has 25 heavy (non-hydrogen) atoms. The van der Waals surface area contributed by atoms with Crippen molar-refractivity contribution in [3.63, 3.8) is 0 Å². The maximum atomic E-state index is 13.2. The van der Waals surface area contributed by atoms with Crippen LogP contribution in [0, 0.1) is 5.82 Å². The Hall–Kier alpha value is -2.47. The van der Waals surface area contributed by atoms with Crippen LogP contribution in [0.3, 0.4) is 0 Å². The van der Waals surface area contributed by atoms with E-state index >= 15 is 0 Å². The Morgan fingerprint density at radius 1 is 1.12 bits per heavy atom. The zero-order valence-corrected chi connectivity index (χ0v) is 14.6. The number of ether oxygens (including phenoxy) is 1. The average Bonchev–Trinajstić information content (AvgIpc) is 2.96. The SMILES string of the molecule is O=C1OCC2=C1[C@@H](c1ccc(F)cc1)CC(=O)N2c1cccc(Br)c1. The number of carbonyl (C=O) groups excluding carboxylic acids is 2. The van der Waals surface area contributed by atoms with E-state index in [-0.39, 0.29) is 24.8 Å². The summed E-state index contributed by atoms with van der Waals surface area (Å²) in [4.78, 5) is 26.7. The van der Waals surface area contributed by atoms with E-state index in [1.807, 2.05) is 24.3 Å². The molecule has 1 amide bonds. The number of rotatable bonds is 2. The molecule has 0 spiro atoms. The standard InChI is InChI=1S/C19H13BrFNO3/c20-12-2-1-3-14(8-12)22-16-10-25-19(24)18(16)15(9-17(22)23)11-4-6-13(21)7-5-11/h1-8,15H,9-10H2/t15-/m1/s1. The summed E-state index contributed by atoms with van der Waals surface area (Å²) < 4.78 is 19.3. The fourth-order valence-corrected chi connectivity index (χ4v) is 3.74. The monoisotopic (exact) mass is 401 g/mol. The molecule has 0 radical (unpaired) electrons. The third kappa shape index (κ3) is 2.76. The predicted molar refractivity (Wildman–Crippen MR) is 93.4 cm³/mol. The van der Waals surface area contributed by atoms with Gasteiger partial charge in [-0.1, -0.05) is 34.1 Å². The number of benzene rings is 2. The second-order valence-electron chi connectivity index (χ2n) is 5.95. The highest BCUT2D eigenvalue weighted by atomic mass is 79.9. The number of nitrogens with zero attached hydrogens (tertiary/aromatic N) is 1. The summed E-state index contributed by atoms with van der Waals surface area (Å²) >= 11 is 3.40. The van der Waals surface area contributed by atoms with Crippen molar-refractivity contribution in [3.05, 3.63) is 75.7 Å². The van der Waals surface area contributed by atoms with Gasteiger partial charge in [0.2, 0.25) is 5.91 Å². The summed E-state index contributed by atoms with van der Waals surface area (Å²) in [6.07, 6.45) is 0.131. The molecule has 4 nitrogen and oxygen atoms in total. The highest BCUT2D eigenvalue weighted by Gasteiger charge is 2.42. The number of anilines is 1. The van der Waals surface area contributed by atoms with Gasteiger partial charge in [-0.2, -0.15) is 0 Å². The number of amides is 1. The zero-order chi connectivity index (χ0) is 17.6. The molecule has 0 unspecified atom stereocenters. The highest BCUT2D eigenvalue weighted by molar-refractivity contribution is 9.10. The largest absolute Gasteiger partial charge is 0.456 e. The number of halogens is 2. The molecule has 0 saturated carbocycles. The van der Waals surface area contributed by atoms with Gasteiger partial charge in [0.1, 0.15) is 12.4 Å². The first kappa shape index (κ1) is 16.0. The van der Waals surface area contributed by atoms with E-state index in [2.05, 4.69) is 15.9 Å². The Morgan fingerprint density at radius 2 is 1.88 bits per heavy atom. The molecule has 0 N–H and O–H groups in total. The Bertz CT molecular complexity index is 907. The molecule has 0 aromatic heterocycles. The third-order valence-electron chi connectivity index (χ3n) is 4.46. The van der Waals surface area contributed by atoms with Gasteiger partial charge in [0, 0.05) is 22.5 Å². The minimum absolute atomic E-state index is 0.0596. The van der Waals surface area contributed by atoms with Gasteiger partial charge in [-0.25, -0.2) is 9.18 Å². The fourth-order valence-electron chi connectivity index (χ4n) is 3.35. The lowest BCUT2D eigenvalue weighted by Crippen LogP contribution is -2.37. The molecule has 2 aliphatic heterocycles. The van der Waals surface area contributed by atoms with Crippen LogP contribution in [0.1, 0.15) is 17.9 Å². The topological polar surface area (TPSA) is 46.6 Å². The lowest BCUT2D eigenvalue weighted by Gasteiger charge is -2.32. The van der Waals surface area contributed by atoms with Crippen molar-refractivity contribution in [1.82, 2.24) is 0 Å². The van der Waals surface area contributed by atoms with Crippen LogP contribution in [0.2, 0.25) is 0 Å². The Morgan fingerprint density at radius 3 is 2.60 bits per heavy atom. The smallest absolute Gasteiger partial charge is 0.336 e. The molecule has 2 aromatic carbocycles. The predicted octanol–water partition coefficient (Wildman–Crippen LogP) is 3.92. The number of cyclic esters (lactones) is 1. The van der Waals surface area contributed by atoms with Crippen molar-refractivity contribution in [2.75, 3.05) is 11.5 Å². The Kier molecular flexibility index (Phi) is 3.92. The molecule has 0 fully saturated rings. The lowest BCUT2D eigenvalue weighted by atomic mass is 9.84. The van der Waals surface area contributed by atoms with Crippen molar-refractivity contribution in [2.45, 2.75) is 12.3 Å². The Labute approximate surface area is 152 Å². The van der Waals surface area contributed by atoms with Crippen molar-refractivity contribution < 1.29 is 18.7 Å². The molecule has 0 saturated heterocycles. The summed E-state index contributed by atoms with van der Waals surface area (Å²) in [5.41, 5.74) is 2.46. The summed E-state index contributed by atoms with van der Waals surface area (Å²) in [7, 11) is 0. The van der Waals surface area contributed by atoms with Crippen LogP contribution in [-0.2, 0) is 14.3 Å². The highest BCUT2D eigenvalue weighted by Crippen LogP contribution is 2.42. The van der Waals surface area contributed by atoms with E-state index < -0.39 is 11.9 Å². The molecule has 0 bridgehead atoms. The minimum atomic E-state index is -0.420. The summed E-state index contributed by atoms with van der Waals surface area (Å²) in [5, 5.41) is 0. The molecule has 126 valence electrons. The van der Waals surface area contributed by atoms with Crippen LogP contribution in [0.15, 0.2) is 64.3 Å². The molecule has 6 heteroatoms. The summed E-state index contributed by atoms with van der Waals surface area (Å²) in [5.74, 6) is -1.31. The van der Waals surface area contributed by atoms with Gasteiger partial charge in [-0.3, -0.25) is 9.69 Å². The fraction of sp³-hybridized carbons (Fsp3) is 0.158. The zero-order valence-electron chi connectivity index (χ0n) is 13.0. The van der Waals surface area contributed by atoms with Crippen LogP contribution in [0.25, 0.3) is 0 Å². The van der Waals surface area contributed by atoms with Crippen molar-refractivity contribution in [2.24, 2.45) is 0 Å². The summed E-state index contributed by atoms with van der Waals surface area (Å²) in [6, 6.07) is 13.2. The normalized spacial score (nSPS) is 19.9. The van der Waals surface area contributed by atoms with Gasteiger partial charge >= 0.3 is 5.97 Å². The van der Waals surface area contributed by atoms with Crippen LogP contribution in [0.4, 0.5) is 10.1 Å². The quantitative estimate of drug-likeness (QED) is 0.716. The molecular weight excluding hydrogens is 389 g/mol. The van der Waals surface area contributed by atoms with E-state index in [0.717, 1.165) is 10.0 Å². The molecule has 0 aliphatic carbocycles. The van der Waals surface area contributed by atoms with E-state index in [9.17, 15) is 14.0 Å². The molecular formula is C19H13BrFNO3. The third-order valence-corrected chi connectivity index (χ3v) is 4.95. The number of hydrogen-bond acceptors (Lipinski definition) is 3. The Balaban J connectivity index is 1.83. The van der Waals surface area contributed by atoms with Crippen LogP contribution in [0.5, 0.6) is 0 Å². The summed E-state index contributed by atoms with van der Waals surface area (Å²) in [6.45, 7) is 0.0596. The van der Waals surface area contributed by atoms with Gasteiger partial charge in [0.05, 0.1) is 11.3 Å². The van der Waals surface area contributed by atoms with Gasteiger partial charge in [-0.05, 0) is 35.9 Å². The van der Waals surface area contributed by atoms with Gasteiger partial charge in [0.25, 0.3) is 0 Å². The maximum Gasteiger partial charge on any atom is 0.336 e. The van der Waals surface area contributed by atoms with Crippen molar-refractivity contribution in [3.8, 4) is 0 Å². The van der Waals surface area contributed by atoms with E-state index in [1.54, 1.807) is 17.0 Å². The second kappa shape index (κ2) is 6.11. The van der Waals surface area contributed by atoms with Crippen LogP contribution in [-0.4, -0.2) is 18.5 Å². The second-order valence-corrected chi connectivity index (χ2v) is 6.87. The van der Waals surface area contributed by atoms with Crippen molar-refractivity contribution in [1.29, 1.82) is 0 Å². The number of esters is 1. The first-order valence-electron chi connectivity index (χ1n) is 7.79. The molecule has 2 aliphatic rings. The van der Waals surface area contributed by atoms with E-state index in [0.29, 0.717) is 17.0 Å². The van der Waals surface area contributed by atoms with Gasteiger partial charge < -0.3 is 4.74 Å². The maximum absolute atomic E-state index is 13.2. The average molecular weight is 402 g/mol. The minimum Gasteiger partial charge on any atom is -0.456 e. The van der Waals surface area contributed by atoms with Crippen molar-refractivity contribution >= 4 is 33.5 Å². The lowest BCUT2D eigenvalue weighted by molar-refractivity contribution is -0.136. The molecule has 2 aromatic rings. The first-order chi connectivity index (χ1) is 12.0. The molecule has 4 rings (SSSR count). The van der Waals surface area contributed by atoms with Crippen LogP contribution < -0.4 is 4.90 Å².